The van der Waals surface area contributed by atoms with E-state index < -0.39 is 5.97 Å². The van der Waals surface area contributed by atoms with Crippen LogP contribution in [0.25, 0.3) is 0 Å². The maximum Gasteiger partial charge on any atom is 0.360 e. The molecule has 17 heavy (non-hydrogen) atoms. The van der Waals surface area contributed by atoms with E-state index in [0.717, 1.165) is 0 Å². The monoisotopic (exact) mass is 241 g/mol. The van der Waals surface area contributed by atoms with Gasteiger partial charge in [-0.1, -0.05) is 6.92 Å². The summed E-state index contributed by atoms with van der Waals surface area (Å²) >= 11 is 0. The van der Waals surface area contributed by atoms with E-state index in [1.165, 1.54) is 7.11 Å². The first-order chi connectivity index (χ1) is 8.01. The van der Waals surface area contributed by atoms with Crippen LogP contribution in [-0.2, 0) is 16.0 Å². The number of nitrogens with zero attached hydrogens (tertiary/aromatic N) is 2. The highest BCUT2D eigenvalue weighted by molar-refractivity contribution is 5.92. The minimum atomic E-state index is -0.510. The van der Waals surface area contributed by atoms with E-state index in [9.17, 15) is 4.79 Å². The number of imidazole rings is 1. The molecule has 96 valence electrons. The highest BCUT2D eigenvalue weighted by atomic mass is 16.5. The first-order valence-electron chi connectivity index (χ1n) is 5.41. The quantitative estimate of drug-likeness (QED) is 0.773. The molecule has 1 rings (SSSR count). The summed E-state index contributed by atoms with van der Waals surface area (Å²) in [5, 5.41) is 0. The van der Waals surface area contributed by atoms with Gasteiger partial charge in [-0.15, -0.1) is 0 Å². The zero-order chi connectivity index (χ0) is 13.0. The number of hydrogen-bond acceptors (Lipinski definition) is 5. The first kappa shape index (κ1) is 13.5. The predicted octanol–water partition coefficient (Wildman–Crippen LogP) is 0.843. The summed E-state index contributed by atoms with van der Waals surface area (Å²) in [6, 6.07) is 0. The Morgan fingerprint density at radius 1 is 1.53 bits per heavy atom. The number of carbonyl (C=O) groups excluding carboxylic acids is 1. The van der Waals surface area contributed by atoms with Crippen molar-refractivity contribution in [1.82, 2.24) is 9.55 Å². The molecule has 1 unspecified atom stereocenters. The molecule has 6 heteroatoms. The molecule has 0 aliphatic heterocycles. The molecule has 0 radical (unpaired) electrons. The molecule has 1 aromatic heterocycles. The lowest BCUT2D eigenvalue weighted by atomic mass is 10.2. The number of ether oxygens (including phenoxy) is 2. The molecule has 0 aromatic carbocycles. The zero-order valence-electron chi connectivity index (χ0n) is 10.7. The van der Waals surface area contributed by atoms with Crippen LogP contribution in [0.4, 0.5) is 5.82 Å². The summed E-state index contributed by atoms with van der Waals surface area (Å²) in [5.41, 5.74) is 6.06. The number of nitrogen functional groups attached to an aromatic ring is 1. The molecule has 1 atom stereocenters. The van der Waals surface area contributed by atoms with E-state index in [0.29, 0.717) is 30.7 Å². The number of nitrogens with two attached hydrogens (primary N) is 1. The standard InChI is InChI=1S/C11H19N3O3/c1-7(6-16-3)5-14-8(2)13-9(10(14)12)11(15)17-4/h7H,5-6,12H2,1-4H3. The highest BCUT2D eigenvalue weighted by Crippen LogP contribution is 2.17. The average Bonchev–Trinajstić information content (AvgIpc) is 2.56. The van der Waals surface area contributed by atoms with Gasteiger partial charge in [0.15, 0.2) is 5.69 Å². The van der Waals surface area contributed by atoms with Gasteiger partial charge in [-0.05, 0) is 12.8 Å². The van der Waals surface area contributed by atoms with Crippen LogP contribution in [0.2, 0.25) is 0 Å². The lowest BCUT2D eigenvalue weighted by molar-refractivity contribution is 0.0595. The van der Waals surface area contributed by atoms with Gasteiger partial charge in [-0.2, -0.15) is 0 Å². The number of rotatable bonds is 5. The lowest BCUT2D eigenvalue weighted by Crippen LogP contribution is -2.16. The highest BCUT2D eigenvalue weighted by Gasteiger charge is 2.19. The van der Waals surface area contributed by atoms with Gasteiger partial charge in [0.1, 0.15) is 11.6 Å². The van der Waals surface area contributed by atoms with Crippen molar-refractivity contribution in [3.63, 3.8) is 0 Å². The molecular formula is C11H19N3O3. The second-order valence-corrected chi connectivity index (χ2v) is 4.06. The number of carbonyl (C=O) groups is 1. The van der Waals surface area contributed by atoms with Crippen molar-refractivity contribution in [3.05, 3.63) is 11.5 Å². The maximum absolute atomic E-state index is 11.4. The SMILES string of the molecule is COCC(C)Cn1c(C)nc(C(=O)OC)c1N. The van der Waals surface area contributed by atoms with Crippen LogP contribution in [0.3, 0.4) is 0 Å². The maximum atomic E-state index is 11.4. The second-order valence-electron chi connectivity index (χ2n) is 4.06. The van der Waals surface area contributed by atoms with Gasteiger partial charge in [0.05, 0.1) is 13.7 Å². The van der Waals surface area contributed by atoms with E-state index in [4.69, 9.17) is 10.5 Å². The van der Waals surface area contributed by atoms with Gasteiger partial charge in [-0.25, -0.2) is 9.78 Å². The molecule has 2 N–H and O–H groups in total. The Morgan fingerprint density at radius 2 is 2.18 bits per heavy atom. The molecule has 0 saturated carbocycles. The fraction of sp³-hybridized carbons (Fsp3) is 0.636. The molecule has 0 saturated heterocycles. The smallest absolute Gasteiger partial charge is 0.360 e. The third-order valence-corrected chi connectivity index (χ3v) is 2.52. The number of aromatic nitrogens is 2. The molecule has 1 aromatic rings. The van der Waals surface area contributed by atoms with Gasteiger partial charge in [0.25, 0.3) is 0 Å². The molecule has 0 fully saturated rings. The molecule has 0 amide bonds. The lowest BCUT2D eigenvalue weighted by Gasteiger charge is -2.13. The summed E-state index contributed by atoms with van der Waals surface area (Å²) in [6.45, 7) is 5.14. The van der Waals surface area contributed by atoms with Crippen LogP contribution >= 0.6 is 0 Å². The van der Waals surface area contributed by atoms with E-state index in [2.05, 4.69) is 9.72 Å². The third kappa shape index (κ3) is 2.97. The minimum absolute atomic E-state index is 0.176. The summed E-state index contributed by atoms with van der Waals surface area (Å²) in [4.78, 5) is 15.5. The topological polar surface area (TPSA) is 79.4 Å². The Bertz CT molecular complexity index is 401. The van der Waals surface area contributed by atoms with Crippen molar-refractivity contribution in [3.8, 4) is 0 Å². The summed E-state index contributed by atoms with van der Waals surface area (Å²) < 4.78 is 11.5. The van der Waals surface area contributed by atoms with Crippen LogP contribution in [0, 0.1) is 12.8 Å². The van der Waals surface area contributed by atoms with Crippen molar-refractivity contribution in [2.24, 2.45) is 5.92 Å². The van der Waals surface area contributed by atoms with Crippen molar-refractivity contribution >= 4 is 11.8 Å². The fourth-order valence-corrected chi connectivity index (χ4v) is 1.71. The van der Waals surface area contributed by atoms with E-state index in [-0.39, 0.29) is 5.69 Å². The Hall–Kier alpha value is -1.56. The van der Waals surface area contributed by atoms with Crippen LogP contribution < -0.4 is 5.73 Å². The Morgan fingerprint density at radius 3 is 2.71 bits per heavy atom. The number of esters is 1. The van der Waals surface area contributed by atoms with Gasteiger partial charge < -0.3 is 19.8 Å². The van der Waals surface area contributed by atoms with Crippen LogP contribution in [-0.4, -0.2) is 36.3 Å². The van der Waals surface area contributed by atoms with E-state index >= 15 is 0 Å². The fourth-order valence-electron chi connectivity index (χ4n) is 1.71. The summed E-state index contributed by atoms with van der Waals surface area (Å²) in [6.07, 6.45) is 0. The predicted molar refractivity (Wildman–Crippen MR) is 63.8 cm³/mol. The molecule has 1 heterocycles. The number of methoxy groups -OCH3 is 2. The molecule has 0 aliphatic carbocycles. The molecule has 0 spiro atoms. The van der Waals surface area contributed by atoms with Crippen molar-refractivity contribution < 1.29 is 14.3 Å². The molecule has 0 bridgehead atoms. The minimum Gasteiger partial charge on any atom is -0.464 e. The molecular weight excluding hydrogens is 222 g/mol. The van der Waals surface area contributed by atoms with Crippen LogP contribution in [0.1, 0.15) is 23.2 Å². The van der Waals surface area contributed by atoms with E-state index in [1.807, 2.05) is 13.8 Å². The first-order valence-corrected chi connectivity index (χ1v) is 5.41. The average molecular weight is 241 g/mol. The Balaban J connectivity index is 2.93. The summed E-state index contributed by atoms with van der Waals surface area (Å²) in [5.74, 6) is 0.826. The Labute approximate surface area is 101 Å². The van der Waals surface area contributed by atoms with E-state index in [1.54, 1.807) is 11.7 Å². The van der Waals surface area contributed by atoms with Crippen LogP contribution in [0.5, 0.6) is 0 Å². The van der Waals surface area contributed by atoms with Crippen molar-refractivity contribution in [2.75, 3.05) is 26.6 Å². The summed E-state index contributed by atoms with van der Waals surface area (Å²) in [7, 11) is 2.96. The third-order valence-electron chi connectivity index (χ3n) is 2.52. The van der Waals surface area contributed by atoms with Gasteiger partial charge in [0, 0.05) is 13.7 Å². The van der Waals surface area contributed by atoms with Gasteiger partial charge >= 0.3 is 5.97 Å². The largest absolute Gasteiger partial charge is 0.464 e. The number of anilines is 1. The van der Waals surface area contributed by atoms with Gasteiger partial charge in [0.2, 0.25) is 0 Å². The molecule has 6 nitrogen and oxygen atoms in total. The molecule has 0 aliphatic rings. The number of hydrogen-bond donors (Lipinski definition) is 1. The zero-order valence-corrected chi connectivity index (χ0v) is 10.7. The number of aryl methyl sites for hydroxylation is 1. The second kappa shape index (κ2) is 5.67. The van der Waals surface area contributed by atoms with Gasteiger partial charge in [-0.3, -0.25) is 0 Å². The van der Waals surface area contributed by atoms with Crippen LogP contribution in [0.15, 0.2) is 0 Å². The van der Waals surface area contributed by atoms with Crippen molar-refractivity contribution in [2.45, 2.75) is 20.4 Å². The normalized spacial score (nSPS) is 12.5. The Kier molecular flexibility index (Phi) is 4.51. The van der Waals surface area contributed by atoms with Crippen molar-refractivity contribution in [1.29, 1.82) is 0 Å².